The molecule has 2 rings (SSSR count). The minimum absolute atomic E-state index is 0.101. The van der Waals surface area contributed by atoms with Crippen molar-refractivity contribution < 1.29 is 0 Å². The summed E-state index contributed by atoms with van der Waals surface area (Å²) >= 11 is 0. The zero-order valence-electron chi connectivity index (χ0n) is 10.9. The normalized spacial score (nSPS) is 12.3. The van der Waals surface area contributed by atoms with Crippen LogP contribution in [0.3, 0.4) is 0 Å². The summed E-state index contributed by atoms with van der Waals surface area (Å²) < 4.78 is 0. The first kappa shape index (κ1) is 12.6. The quantitative estimate of drug-likeness (QED) is 0.865. The van der Waals surface area contributed by atoms with E-state index in [2.05, 4.69) is 48.4 Å². The summed E-state index contributed by atoms with van der Waals surface area (Å²) in [7, 11) is 0. The Bertz CT molecular complexity index is 523. The van der Waals surface area contributed by atoms with Crippen LogP contribution in [0.4, 0.5) is 5.69 Å². The van der Waals surface area contributed by atoms with Crippen molar-refractivity contribution in [2.75, 3.05) is 12.3 Å². The minimum atomic E-state index is 0.101. The molecule has 3 nitrogen and oxygen atoms in total. The van der Waals surface area contributed by atoms with Crippen LogP contribution in [0.5, 0.6) is 0 Å². The van der Waals surface area contributed by atoms with Gasteiger partial charge in [0.25, 0.3) is 0 Å². The third-order valence-corrected chi connectivity index (χ3v) is 2.98. The number of aromatic nitrogens is 1. The smallest absolute Gasteiger partial charge is 0.0612 e. The van der Waals surface area contributed by atoms with E-state index < -0.39 is 0 Å². The molecule has 1 unspecified atom stereocenters. The van der Waals surface area contributed by atoms with Gasteiger partial charge >= 0.3 is 0 Å². The molecule has 3 heteroatoms. The fourth-order valence-corrected chi connectivity index (χ4v) is 2.12. The number of benzene rings is 1. The van der Waals surface area contributed by atoms with E-state index in [1.54, 1.807) is 6.20 Å². The van der Waals surface area contributed by atoms with Crippen LogP contribution in [0.15, 0.2) is 42.7 Å². The maximum Gasteiger partial charge on any atom is 0.0612 e. The first-order chi connectivity index (χ1) is 8.72. The number of nitrogens with one attached hydrogen (secondary N) is 1. The SMILES string of the molecule is CCNC(c1cccc(C)c1)c1cnccc1N. The Hall–Kier alpha value is -1.87. The van der Waals surface area contributed by atoms with Gasteiger partial charge in [-0.05, 0) is 25.1 Å². The average Bonchev–Trinajstić information content (AvgIpc) is 2.37. The lowest BCUT2D eigenvalue weighted by Crippen LogP contribution is -2.23. The highest BCUT2D eigenvalue weighted by Gasteiger charge is 2.15. The third kappa shape index (κ3) is 2.68. The van der Waals surface area contributed by atoms with Crippen LogP contribution in [-0.2, 0) is 0 Å². The Morgan fingerprint density at radius 2 is 2.17 bits per heavy atom. The highest BCUT2D eigenvalue weighted by Crippen LogP contribution is 2.26. The van der Waals surface area contributed by atoms with Crippen LogP contribution in [0, 0.1) is 6.92 Å². The molecule has 0 saturated carbocycles. The van der Waals surface area contributed by atoms with Crippen LogP contribution >= 0.6 is 0 Å². The second-order valence-electron chi connectivity index (χ2n) is 4.41. The Labute approximate surface area is 108 Å². The summed E-state index contributed by atoms with van der Waals surface area (Å²) in [5.74, 6) is 0. The predicted octanol–water partition coefficient (Wildman–Crippen LogP) is 2.67. The summed E-state index contributed by atoms with van der Waals surface area (Å²) in [4.78, 5) is 4.18. The van der Waals surface area contributed by atoms with Crippen molar-refractivity contribution >= 4 is 5.69 Å². The largest absolute Gasteiger partial charge is 0.398 e. The number of nitrogens with zero attached hydrogens (tertiary/aromatic N) is 1. The molecule has 0 aliphatic carbocycles. The Morgan fingerprint density at radius 3 is 2.83 bits per heavy atom. The molecule has 0 spiro atoms. The van der Waals surface area contributed by atoms with Crippen LogP contribution < -0.4 is 11.1 Å². The predicted molar refractivity (Wildman–Crippen MR) is 75.3 cm³/mol. The molecule has 0 amide bonds. The molecule has 1 atom stereocenters. The highest BCUT2D eigenvalue weighted by molar-refractivity contribution is 5.49. The molecule has 2 aromatic rings. The van der Waals surface area contributed by atoms with Crippen LogP contribution in [0.2, 0.25) is 0 Å². The maximum absolute atomic E-state index is 6.05. The van der Waals surface area contributed by atoms with Crippen LogP contribution in [0.25, 0.3) is 0 Å². The second kappa shape index (κ2) is 5.65. The summed E-state index contributed by atoms with van der Waals surface area (Å²) in [6.07, 6.45) is 3.56. The molecule has 94 valence electrons. The average molecular weight is 241 g/mol. The molecule has 3 N–H and O–H groups in total. The summed E-state index contributed by atoms with van der Waals surface area (Å²) in [5.41, 5.74) is 10.3. The topological polar surface area (TPSA) is 50.9 Å². The molecule has 1 aromatic carbocycles. The fraction of sp³-hybridized carbons (Fsp3) is 0.267. The number of rotatable bonds is 4. The molecule has 1 heterocycles. The van der Waals surface area contributed by atoms with Gasteiger partial charge in [0.1, 0.15) is 0 Å². The number of anilines is 1. The molecular formula is C15H19N3. The monoisotopic (exact) mass is 241 g/mol. The molecule has 1 aromatic heterocycles. The number of nitrogens with two attached hydrogens (primary N) is 1. The summed E-state index contributed by atoms with van der Waals surface area (Å²) in [6.45, 7) is 5.07. The van der Waals surface area contributed by atoms with Crippen molar-refractivity contribution in [1.29, 1.82) is 0 Å². The molecule has 0 fully saturated rings. The lowest BCUT2D eigenvalue weighted by molar-refractivity contribution is 0.630. The summed E-state index contributed by atoms with van der Waals surface area (Å²) in [6, 6.07) is 10.4. The van der Waals surface area contributed by atoms with E-state index in [9.17, 15) is 0 Å². The minimum Gasteiger partial charge on any atom is -0.398 e. The van der Waals surface area contributed by atoms with E-state index >= 15 is 0 Å². The zero-order chi connectivity index (χ0) is 13.0. The third-order valence-electron chi connectivity index (χ3n) is 2.98. The first-order valence-corrected chi connectivity index (χ1v) is 6.21. The van der Waals surface area contributed by atoms with Gasteiger partial charge in [0.15, 0.2) is 0 Å². The molecule has 18 heavy (non-hydrogen) atoms. The standard InChI is InChI=1S/C15H19N3/c1-3-18-15(12-6-4-5-11(2)9-12)13-10-17-8-7-14(13)16/h4-10,15,18H,3H2,1-2H3,(H2,16,17). The molecular weight excluding hydrogens is 222 g/mol. The van der Waals surface area contributed by atoms with Crippen LogP contribution in [-0.4, -0.2) is 11.5 Å². The lowest BCUT2D eigenvalue weighted by atomic mass is 9.97. The van der Waals surface area contributed by atoms with Gasteiger partial charge in [0, 0.05) is 23.6 Å². The van der Waals surface area contributed by atoms with Gasteiger partial charge in [-0.1, -0.05) is 36.8 Å². The zero-order valence-corrected chi connectivity index (χ0v) is 10.9. The molecule has 0 aliphatic rings. The van der Waals surface area contributed by atoms with E-state index in [4.69, 9.17) is 5.73 Å². The van der Waals surface area contributed by atoms with Crippen molar-refractivity contribution in [2.45, 2.75) is 19.9 Å². The molecule has 0 radical (unpaired) electrons. The van der Waals surface area contributed by atoms with Gasteiger partial charge in [-0.2, -0.15) is 0 Å². The van der Waals surface area contributed by atoms with Crippen molar-refractivity contribution in [2.24, 2.45) is 0 Å². The highest BCUT2D eigenvalue weighted by atomic mass is 14.9. The number of hydrogen-bond donors (Lipinski definition) is 2. The van der Waals surface area contributed by atoms with Gasteiger partial charge in [-0.25, -0.2) is 0 Å². The van der Waals surface area contributed by atoms with Crippen molar-refractivity contribution in [3.05, 3.63) is 59.4 Å². The van der Waals surface area contributed by atoms with Gasteiger partial charge < -0.3 is 11.1 Å². The first-order valence-electron chi connectivity index (χ1n) is 6.21. The van der Waals surface area contributed by atoms with Gasteiger partial charge in [-0.3, -0.25) is 4.98 Å². The van der Waals surface area contributed by atoms with Gasteiger partial charge in [-0.15, -0.1) is 0 Å². The number of pyridine rings is 1. The lowest BCUT2D eigenvalue weighted by Gasteiger charge is -2.20. The van der Waals surface area contributed by atoms with E-state index in [1.807, 2.05) is 12.3 Å². The van der Waals surface area contributed by atoms with Crippen molar-refractivity contribution in [3.63, 3.8) is 0 Å². The Kier molecular flexibility index (Phi) is 3.95. The molecule has 0 saturated heterocycles. The Morgan fingerprint density at radius 1 is 1.33 bits per heavy atom. The fourth-order valence-electron chi connectivity index (χ4n) is 2.12. The van der Waals surface area contributed by atoms with E-state index in [0.717, 1.165) is 17.8 Å². The van der Waals surface area contributed by atoms with Gasteiger partial charge in [0.05, 0.1) is 6.04 Å². The van der Waals surface area contributed by atoms with Crippen LogP contribution in [0.1, 0.15) is 29.7 Å². The second-order valence-corrected chi connectivity index (χ2v) is 4.41. The van der Waals surface area contributed by atoms with Crippen molar-refractivity contribution in [1.82, 2.24) is 10.3 Å². The van der Waals surface area contributed by atoms with Gasteiger partial charge in [0.2, 0.25) is 0 Å². The maximum atomic E-state index is 6.05. The number of aryl methyl sites for hydroxylation is 1. The molecule has 0 aliphatic heterocycles. The van der Waals surface area contributed by atoms with Crippen molar-refractivity contribution in [3.8, 4) is 0 Å². The number of nitrogen functional groups attached to an aromatic ring is 1. The summed E-state index contributed by atoms with van der Waals surface area (Å²) in [5, 5.41) is 3.46. The van der Waals surface area contributed by atoms with E-state index in [0.29, 0.717) is 0 Å². The van der Waals surface area contributed by atoms with E-state index in [-0.39, 0.29) is 6.04 Å². The number of hydrogen-bond acceptors (Lipinski definition) is 3. The Balaban J connectivity index is 2.43. The van der Waals surface area contributed by atoms with E-state index in [1.165, 1.54) is 11.1 Å². The molecule has 0 bridgehead atoms.